The molecule has 392 valence electrons. The molecule has 4 aliphatic rings. The first-order chi connectivity index (χ1) is 34.8. The number of benzene rings is 4. The lowest BCUT2D eigenvalue weighted by atomic mass is 9.72. The molecule has 8 rings (SSSR count). The van der Waals surface area contributed by atoms with Crippen LogP contribution in [0.5, 0.6) is 0 Å². The van der Waals surface area contributed by atoms with E-state index in [4.69, 9.17) is 14.2 Å². The molecule has 4 amide bonds. The van der Waals surface area contributed by atoms with Crippen LogP contribution < -0.4 is 0 Å². The second kappa shape index (κ2) is 22.6. The van der Waals surface area contributed by atoms with Gasteiger partial charge in [0.05, 0.1) is 23.8 Å². The molecular formula is C54H60F7N5O7. The third kappa shape index (κ3) is 12.7. The molecule has 4 aromatic carbocycles. The average molecular weight is 1020 g/mol. The van der Waals surface area contributed by atoms with E-state index in [1.165, 1.54) is 29.8 Å². The molecule has 3 fully saturated rings. The molecule has 0 unspecified atom stereocenters. The number of alkyl halides is 6. The Balaban J connectivity index is 0.827. The number of amides is 4. The fourth-order valence-corrected chi connectivity index (χ4v) is 10.7. The zero-order valence-corrected chi connectivity index (χ0v) is 40.7. The number of likely N-dealkylation sites (tertiary alicyclic amines) is 1. The number of likely N-dealkylation sites (N-methyl/N-ethyl adjacent to an activating group) is 1. The van der Waals surface area contributed by atoms with Crippen molar-refractivity contribution in [3.63, 3.8) is 0 Å². The maximum Gasteiger partial charge on any atom is 0.416 e. The van der Waals surface area contributed by atoms with Crippen molar-refractivity contribution in [3.05, 3.63) is 142 Å². The van der Waals surface area contributed by atoms with Gasteiger partial charge in [-0.1, -0.05) is 66.7 Å². The number of nitrogens with zero attached hydrogens (tertiary/aromatic N) is 5. The summed E-state index contributed by atoms with van der Waals surface area (Å²) < 4.78 is 115. The van der Waals surface area contributed by atoms with E-state index in [0.717, 1.165) is 16.0 Å². The third-order valence-corrected chi connectivity index (χ3v) is 14.9. The Hall–Kier alpha value is -6.05. The Morgan fingerprint density at radius 1 is 0.795 bits per heavy atom. The number of hydrogen-bond acceptors (Lipinski definition) is 8. The van der Waals surface area contributed by atoms with E-state index in [9.17, 15) is 49.9 Å². The number of hydrogen-bond donors (Lipinski definition) is 0. The predicted molar refractivity (Wildman–Crippen MR) is 254 cm³/mol. The summed E-state index contributed by atoms with van der Waals surface area (Å²) >= 11 is 0. The molecule has 73 heavy (non-hydrogen) atoms. The highest BCUT2D eigenvalue weighted by atomic mass is 19.4. The first-order valence-corrected chi connectivity index (χ1v) is 24.7. The van der Waals surface area contributed by atoms with Crippen LogP contribution in [0.4, 0.5) is 35.5 Å². The Morgan fingerprint density at radius 3 is 2.18 bits per heavy atom. The summed E-state index contributed by atoms with van der Waals surface area (Å²) in [4.78, 5) is 61.3. The summed E-state index contributed by atoms with van der Waals surface area (Å²) in [5, 5.41) is 0. The molecule has 3 saturated heterocycles. The molecule has 0 radical (unpaired) electrons. The maximum atomic E-state index is 14.2. The molecule has 1 spiro atoms. The monoisotopic (exact) mass is 1020 g/mol. The SMILES string of the molecule is CN(CCCCN1CCCN(C(=O)OCc2ccccc2)CCC1=O)C(=O)CO[C@H]1Cc2ccccc2C12CCN(CC[C@@]1(c3ccc(F)cc3)CN(C(=O)c3cc(C(F)(F)F)cc(C(F)(F)F)c3)CO1)CC2. The van der Waals surface area contributed by atoms with Gasteiger partial charge in [-0.05, 0) is 111 Å². The van der Waals surface area contributed by atoms with Crippen LogP contribution in [0.2, 0.25) is 0 Å². The normalized spacial score (nSPS) is 20.5. The molecule has 1 aliphatic carbocycles. The largest absolute Gasteiger partial charge is 0.445 e. The molecule has 3 aliphatic heterocycles. The van der Waals surface area contributed by atoms with Crippen molar-refractivity contribution in [2.45, 2.75) is 87.4 Å². The fourth-order valence-electron chi connectivity index (χ4n) is 10.7. The van der Waals surface area contributed by atoms with E-state index in [1.54, 1.807) is 16.8 Å². The van der Waals surface area contributed by atoms with E-state index in [-0.39, 0.29) is 68.5 Å². The van der Waals surface area contributed by atoms with Crippen molar-refractivity contribution in [2.24, 2.45) is 0 Å². The Labute approximate surface area is 419 Å². The molecule has 3 heterocycles. The summed E-state index contributed by atoms with van der Waals surface area (Å²) in [6, 6.07) is 23.8. The van der Waals surface area contributed by atoms with Gasteiger partial charge in [-0.3, -0.25) is 14.4 Å². The lowest BCUT2D eigenvalue weighted by molar-refractivity contribution is -0.143. The zero-order valence-electron chi connectivity index (χ0n) is 40.7. The number of piperidine rings is 1. The van der Waals surface area contributed by atoms with Crippen molar-refractivity contribution >= 4 is 23.8 Å². The standard InChI is InChI=1S/C54H60F7N5O7/c1-62(22-7-8-23-64-24-9-25-65(26-18-47(64)67)50(70)72-34-38-10-3-2-4-11-38)48(68)35-71-46-32-39-12-5-6-13-45(39)51(46)19-27-63(28-20-51)29-21-52(41-14-16-44(55)17-15-41)36-66(37-73-52)49(69)40-30-42(53(56,57)58)33-43(31-40)54(59,60)61/h2-6,10-17,30-31,33,46H,7-9,18-29,32,34-37H2,1H3/t46-,52-/m0/s1. The maximum absolute atomic E-state index is 14.2. The highest BCUT2D eigenvalue weighted by Crippen LogP contribution is 2.48. The van der Waals surface area contributed by atoms with E-state index >= 15 is 0 Å². The molecule has 12 nitrogen and oxygen atoms in total. The number of ether oxygens (including phenoxy) is 3. The molecule has 19 heteroatoms. The number of rotatable bonds is 15. The minimum Gasteiger partial charge on any atom is -0.445 e. The van der Waals surface area contributed by atoms with Gasteiger partial charge in [-0.15, -0.1) is 0 Å². The van der Waals surface area contributed by atoms with Crippen molar-refractivity contribution in [1.82, 2.24) is 24.5 Å². The Bertz CT molecular complexity index is 2540. The van der Waals surface area contributed by atoms with Gasteiger partial charge in [-0.2, -0.15) is 26.3 Å². The highest BCUT2D eigenvalue weighted by molar-refractivity contribution is 5.95. The summed E-state index contributed by atoms with van der Waals surface area (Å²) in [6.07, 6.45) is -6.50. The lowest BCUT2D eigenvalue weighted by Crippen LogP contribution is -2.50. The topological polar surface area (TPSA) is 112 Å². The summed E-state index contributed by atoms with van der Waals surface area (Å²) in [6.45, 7) is 3.43. The van der Waals surface area contributed by atoms with Crippen LogP contribution in [0.3, 0.4) is 0 Å². The fraction of sp³-hybridized carbons (Fsp3) is 0.481. The second-order valence-electron chi connectivity index (χ2n) is 19.5. The van der Waals surface area contributed by atoms with Gasteiger partial charge >= 0.3 is 18.4 Å². The van der Waals surface area contributed by atoms with Crippen LogP contribution in [0.25, 0.3) is 0 Å². The summed E-state index contributed by atoms with van der Waals surface area (Å²) in [5.74, 6) is -1.78. The first kappa shape index (κ1) is 53.2. The van der Waals surface area contributed by atoms with Crippen LogP contribution in [0, 0.1) is 5.82 Å². The van der Waals surface area contributed by atoms with Crippen molar-refractivity contribution in [1.29, 1.82) is 0 Å². The van der Waals surface area contributed by atoms with Crippen molar-refractivity contribution in [2.75, 3.05) is 79.3 Å². The molecule has 0 N–H and O–H groups in total. The van der Waals surface area contributed by atoms with Gasteiger partial charge in [0.2, 0.25) is 11.8 Å². The number of carbonyl (C=O) groups excluding carboxylic acids is 4. The van der Waals surface area contributed by atoms with Crippen LogP contribution in [0.15, 0.2) is 97.1 Å². The zero-order chi connectivity index (χ0) is 52.0. The minimum absolute atomic E-state index is 0.0250. The van der Waals surface area contributed by atoms with Gasteiger partial charge in [0.15, 0.2) is 0 Å². The molecule has 0 aromatic heterocycles. The quantitative estimate of drug-likeness (QED) is 0.0858. The molecule has 4 aromatic rings. The minimum atomic E-state index is -5.14. The average Bonchev–Trinajstić information content (AvgIpc) is 3.94. The second-order valence-corrected chi connectivity index (χ2v) is 19.5. The molecular weight excluding hydrogens is 964 g/mol. The van der Waals surface area contributed by atoms with Crippen molar-refractivity contribution in [3.8, 4) is 0 Å². The van der Waals surface area contributed by atoms with Crippen LogP contribution in [-0.4, -0.2) is 134 Å². The first-order valence-electron chi connectivity index (χ1n) is 24.7. The van der Waals surface area contributed by atoms with Crippen LogP contribution in [-0.2, 0) is 60.2 Å². The van der Waals surface area contributed by atoms with Gasteiger partial charge in [0, 0.05) is 63.7 Å². The smallest absolute Gasteiger partial charge is 0.416 e. The van der Waals surface area contributed by atoms with E-state index in [2.05, 4.69) is 17.0 Å². The third-order valence-electron chi connectivity index (χ3n) is 14.9. The molecule has 0 saturated carbocycles. The number of unbranched alkanes of at least 4 members (excludes halogenated alkanes) is 1. The van der Waals surface area contributed by atoms with Gasteiger partial charge in [0.1, 0.15) is 31.4 Å². The lowest BCUT2D eigenvalue weighted by Gasteiger charge is -2.44. The molecule has 2 atom stereocenters. The summed E-state index contributed by atoms with van der Waals surface area (Å²) in [7, 11) is 1.74. The Morgan fingerprint density at radius 2 is 1.48 bits per heavy atom. The van der Waals surface area contributed by atoms with Crippen LogP contribution in [0.1, 0.15) is 88.7 Å². The van der Waals surface area contributed by atoms with Gasteiger partial charge in [0.25, 0.3) is 5.91 Å². The van der Waals surface area contributed by atoms with Gasteiger partial charge < -0.3 is 38.7 Å². The predicted octanol–water partition coefficient (Wildman–Crippen LogP) is 9.05. The Kier molecular flexibility index (Phi) is 16.5. The highest BCUT2D eigenvalue weighted by Gasteiger charge is 2.50. The van der Waals surface area contributed by atoms with E-state index in [0.29, 0.717) is 102 Å². The van der Waals surface area contributed by atoms with Crippen LogP contribution >= 0.6 is 0 Å². The van der Waals surface area contributed by atoms with E-state index in [1.807, 2.05) is 47.4 Å². The van der Waals surface area contributed by atoms with Gasteiger partial charge in [-0.25, -0.2) is 9.18 Å². The number of carbonyl (C=O) groups is 4. The van der Waals surface area contributed by atoms with E-state index < -0.39 is 59.2 Å². The molecule has 0 bridgehead atoms. The number of fused-ring (bicyclic) bond motifs is 2. The summed E-state index contributed by atoms with van der Waals surface area (Å²) in [5.41, 5.74) is -1.91. The number of halogens is 7. The van der Waals surface area contributed by atoms with Crippen molar-refractivity contribution < 1.29 is 64.1 Å².